The number of aromatic nitrogens is 1. The van der Waals surface area contributed by atoms with Crippen molar-refractivity contribution < 1.29 is 19.0 Å². The first-order valence-electron chi connectivity index (χ1n) is 7.55. The molecule has 2 aromatic rings. The van der Waals surface area contributed by atoms with Gasteiger partial charge in [0, 0.05) is 25.9 Å². The van der Waals surface area contributed by atoms with E-state index >= 15 is 0 Å². The molecule has 6 nitrogen and oxygen atoms in total. The van der Waals surface area contributed by atoms with E-state index in [0.717, 1.165) is 5.56 Å². The van der Waals surface area contributed by atoms with E-state index in [-0.39, 0.29) is 5.91 Å². The van der Waals surface area contributed by atoms with Crippen molar-refractivity contribution in [3.63, 3.8) is 0 Å². The number of pyridine rings is 1. The number of rotatable bonds is 7. The quantitative estimate of drug-likeness (QED) is 0.780. The highest BCUT2D eigenvalue weighted by atomic mass is 16.5. The molecule has 1 amide bonds. The summed E-state index contributed by atoms with van der Waals surface area (Å²) in [4.78, 5) is 18.1. The summed E-state index contributed by atoms with van der Waals surface area (Å²) in [6.07, 6.45) is 2.24. The molecule has 0 atom stereocenters. The molecule has 2 rings (SSSR count). The van der Waals surface area contributed by atoms with E-state index in [2.05, 4.69) is 4.98 Å². The van der Waals surface area contributed by atoms with Gasteiger partial charge in [-0.1, -0.05) is 6.07 Å². The van der Waals surface area contributed by atoms with Crippen LogP contribution in [0, 0.1) is 0 Å². The summed E-state index contributed by atoms with van der Waals surface area (Å²) in [5.41, 5.74) is 1.60. The average molecular weight is 330 g/mol. The normalized spacial score (nSPS) is 10.2. The number of amides is 1. The Morgan fingerprint density at radius 3 is 2.38 bits per heavy atom. The van der Waals surface area contributed by atoms with Gasteiger partial charge in [0.15, 0.2) is 11.5 Å². The Kier molecular flexibility index (Phi) is 6.01. The Labute approximate surface area is 142 Å². The lowest BCUT2D eigenvalue weighted by Gasteiger charge is -2.17. The van der Waals surface area contributed by atoms with Crippen molar-refractivity contribution in [1.82, 2.24) is 9.88 Å². The first kappa shape index (κ1) is 17.6. The van der Waals surface area contributed by atoms with Crippen LogP contribution in [0.2, 0.25) is 0 Å². The van der Waals surface area contributed by atoms with Crippen molar-refractivity contribution in [2.45, 2.75) is 6.42 Å². The molecular weight excluding hydrogens is 308 g/mol. The minimum absolute atomic E-state index is 0.0781. The molecule has 0 saturated heterocycles. The summed E-state index contributed by atoms with van der Waals surface area (Å²) in [5, 5.41) is 0. The molecule has 0 spiro atoms. The van der Waals surface area contributed by atoms with E-state index in [1.54, 1.807) is 45.4 Å². The van der Waals surface area contributed by atoms with Crippen molar-refractivity contribution in [2.24, 2.45) is 0 Å². The number of nitrogens with zero attached hydrogens (tertiary/aromatic N) is 2. The van der Waals surface area contributed by atoms with E-state index < -0.39 is 0 Å². The van der Waals surface area contributed by atoms with Crippen LogP contribution in [0.15, 0.2) is 36.5 Å². The summed E-state index contributed by atoms with van der Waals surface area (Å²) in [6, 6.07) is 9.14. The van der Waals surface area contributed by atoms with Crippen LogP contribution in [0.5, 0.6) is 17.4 Å². The third kappa shape index (κ3) is 4.16. The van der Waals surface area contributed by atoms with Crippen molar-refractivity contribution >= 4 is 5.91 Å². The predicted molar refractivity (Wildman–Crippen MR) is 91.0 cm³/mol. The second-order valence-corrected chi connectivity index (χ2v) is 5.26. The average Bonchev–Trinajstić information content (AvgIpc) is 2.65. The van der Waals surface area contributed by atoms with Crippen molar-refractivity contribution in [2.75, 3.05) is 34.9 Å². The maximum Gasteiger partial charge on any atom is 0.255 e. The van der Waals surface area contributed by atoms with Gasteiger partial charge in [-0.3, -0.25) is 4.79 Å². The van der Waals surface area contributed by atoms with Gasteiger partial charge in [0.05, 0.1) is 26.9 Å². The Bertz CT molecular complexity index is 686. The molecule has 0 bridgehead atoms. The second kappa shape index (κ2) is 8.19. The summed E-state index contributed by atoms with van der Waals surface area (Å²) in [5.74, 6) is 1.78. The molecule has 0 N–H and O–H groups in total. The van der Waals surface area contributed by atoms with Gasteiger partial charge < -0.3 is 19.1 Å². The summed E-state index contributed by atoms with van der Waals surface area (Å²) >= 11 is 0. The molecule has 1 heterocycles. The van der Waals surface area contributed by atoms with Gasteiger partial charge in [-0.25, -0.2) is 4.98 Å². The molecule has 6 heteroatoms. The zero-order valence-electron chi connectivity index (χ0n) is 14.4. The van der Waals surface area contributed by atoms with Crippen LogP contribution in [-0.2, 0) is 6.42 Å². The van der Waals surface area contributed by atoms with Crippen molar-refractivity contribution in [1.29, 1.82) is 0 Å². The van der Waals surface area contributed by atoms with Gasteiger partial charge in [-0.15, -0.1) is 0 Å². The molecular formula is C18H22N2O4. The van der Waals surface area contributed by atoms with Crippen LogP contribution in [0.25, 0.3) is 0 Å². The second-order valence-electron chi connectivity index (χ2n) is 5.26. The number of hydrogen-bond acceptors (Lipinski definition) is 5. The van der Waals surface area contributed by atoms with Crippen LogP contribution in [-0.4, -0.2) is 50.7 Å². The molecule has 0 saturated carbocycles. The topological polar surface area (TPSA) is 60.9 Å². The van der Waals surface area contributed by atoms with E-state index in [1.807, 2.05) is 18.2 Å². The lowest BCUT2D eigenvalue weighted by molar-refractivity contribution is 0.0796. The lowest BCUT2D eigenvalue weighted by Crippen LogP contribution is -2.28. The third-order valence-corrected chi connectivity index (χ3v) is 3.72. The maximum absolute atomic E-state index is 12.4. The van der Waals surface area contributed by atoms with Crippen LogP contribution < -0.4 is 14.2 Å². The minimum atomic E-state index is -0.0781. The van der Waals surface area contributed by atoms with Crippen LogP contribution in [0.4, 0.5) is 0 Å². The van der Waals surface area contributed by atoms with Gasteiger partial charge >= 0.3 is 0 Å². The molecule has 0 aliphatic heterocycles. The van der Waals surface area contributed by atoms with Crippen LogP contribution in [0.1, 0.15) is 15.9 Å². The first-order chi connectivity index (χ1) is 11.6. The smallest absolute Gasteiger partial charge is 0.255 e. The predicted octanol–water partition coefficient (Wildman–Crippen LogP) is 2.42. The number of carbonyl (C=O) groups excluding carboxylic acids is 1. The fourth-order valence-electron chi connectivity index (χ4n) is 2.28. The maximum atomic E-state index is 12.4. The first-order valence-corrected chi connectivity index (χ1v) is 7.55. The van der Waals surface area contributed by atoms with Gasteiger partial charge in [0.1, 0.15) is 0 Å². The number of carbonyl (C=O) groups is 1. The Morgan fingerprint density at radius 1 is 1.04 bits per heavy atom. The molecule has 0 unspecified atom stereocenters. The standard InChI is InChI=1S/C18H22N2O4/c1-20(18(21)14-6-8-17(24-4)19-12-14)10-9-13-5-7-15(22-2)16(11-13)23-3/h5-8,11-12H,9-10H2,1-4H3. The molecule has 0 aliphatic carbocycles. The lowest BCUT2D eigenvalue weighted by atomic mass is 10.1. The molecule has 0 aliphatic rings. The molecule has 128 valence electrons. The van der Waals surface area contributed by atoms with Gasteiger partial charge in [0.2, 0.25) is 5.88 Å². The molecule has 0 radical (unpaired) electrons. The fraction of sp³-hybridized carbons (Fsp3) is 0.333. The molecule has 1 aromatic carbocycles. The fourth-order valence-corrected chi connectivity index (χ4v) is 2.28. The molecule has 0 fully saturated rings. The summed E-state index contributed by atoms with van der Waals surface area (Å²) in [6.45, 7) is 0.584. The number of hydrogen-bond donors (Lipinski definition) is 0. The van der Waals surface area contributed by atoms with Crippen LogP contribution in [0.3, 0.4) is 0 Å². The number of benzene rings is 1. The highest BCUT2D eigenvalue weighted by Gasteiger charge is 2.13. The molecule has 1 aromatic heterocycles. The van der Waals surface area contributed by atoms with E-state index in [0.29, 0.717) is 35.9 Å². The van der Waals surface area contributed by atoms with Crippen LogP contribution >= 0.6 is 0 Å². The zero-order valence-corrected chi connectivity index (χ0v) is 14.4. The Balaban J connectivity index is 1.99. The molecule has 24 heavy (non-hydrogen) atoms. The van der Waals surface area contributed by atoms with Gasteiger partial charge in [0.25, 0.3) is 5.91 Å². The minimum Gasteiger partial charge on any atom is -0.493 e. The van der Waals surface area contributed by atoms with Crippen molar-refractivity contribution in [3.8, 4) is 17.4 Å². The Morgan fingerprint density at radius 2 is 1.79 bits per heavy atom. The number of methoxy groups -OCH3 is 3. The Hall–Kier alpha value is -2.76. The van der Waals surface area contributed by atoms with Crippen molar-refractivity contribution in [3.05, 3.63) is 47.7 Å². The third-order valence-electron chi connectivity index (χ3n) is 3.72. The monoisotopic (exact) mass is 330 g/mol. The zero-order chi connectivity index (χ0) is 17.5. The van der Waals surface area contributed by atoms with E-state index in [9.17, 15) is 4.79 Å². The van der Waals surface area contributed by atoms with Gasteiger partial charge in [-0.2, -0.15) is 0 Å². The number of likely N-dealkylation sites (N-methyl/N-ethyl adjacent to an activating group) is 1. The largest absolute Gasteiger partial charge is 0.493 e. The van der Waals surface area contributed by atoms with Gasteiger partial charge in [-0.05, 0) is 30.2 Å². The highest BCUT2D eigenvalue weighted by molar-refractivity contribution is 5.93. The summed E-state index contributed by atoms with van der Waals surface area (Å²) < 4.78 is 15.5. The number of ether oxygens (including phenoxy) is 3. The highest BCUT2D eigenvalue weighted by Crippen LogP contribution is 2.27. The van der Waals surface area contributed by atoms with E-state index in [1.165, 1.54) is 6.20 Å². The SMILES string of the molecule is COc1ccc(C(=O)N(C)CCc2ccc(OC)c(OC)c2)cn1. The summed E-state index contributed by atoms with van der Waals surface area (Å²) in [7, 11) is 6.52. The van der Waals surface area contributed by atoms with E-state index in [4.69, 9.17) is 14.2 Å².